The average Bonchev–Trinajstić information content (AvgIpc) is 2.87. The maximum atomic E-state index is 13.2. The molecule has 1 saturated heterocycles. The summed E-state index contributed by atoms with van der Waals surface area (Å²) in [5.74, 6) is -3.13. The fourth-order valence-corrected chi connectivity index (χ4v) is 3.70. The Morgan fingerprint density at radius 2 is 2.14 bits per heavy atom. The van der Waals surface area contributed by atoms with Crippen LogP contribution >= 0.6 is 0 Å². The molecule has 0 aromatic heterocycles. The number of halogens is 3. The maximum Gasteiger partial charge on any atom is 0.393 e. The van der Waals surface area contributed by atoms with Gasteiger partial charge in [0.2, 0.25) is 0 Å². The number of alkyl halides is 3. The molecule has 2 aliphatic rings. The minimum Gasteiger partial charge on any atom is -0.480 e. The van der Waals surface area contributed by atoms with Crippen molar-refractivity contribution in [2.45, 2.75) is 56.9 Å². The smallest absolute Gasteiger partial charge is 0.393 e. The number of likely N-dealkylation sites (tertiary alicyclic amines) is 1. The van der Waals surface area contributed by atoms with Gasteiger partial charge in [-0.25, -0.2) is 0 Å². The van der Waals surface area contributed by atoms with Crippen LogP contribution < -0.4 is 0 Å². The lowest BCUT2D eigenvalue weighted by Crippen LogP contribution is -2.49. The Kier molecular flexibility index (Phi) is 4.81. The van der Waals surface area contributed by atoms with E-state index in [0.717, 1.165) is 0 Å². The first-order valence-corrected chi connectivity index (χ1v) is 7.42. The molecule has 7 heteroatoms. The second kappa shape index (κ2) is 6.29. The Labute approximate surface area is 127 Å². The van der Waals surface area contributed by atoms with Gasteiger partial charge in [0.05, 0.1) is 17.9 Å². The number of carboxylic acids is 1. The minimum absolute atomic E-state index is 0.232. The van der Waals surface area contributed by atoms with Crippen LogP contribution in [0.3, 0.4) is 0 Å². The normalized spacial score (nSPS) is 36.2. The van der Waals surface area contributed by atoms with Crippen LogP contribution in [0.4, 0.5) is 13.2 Å². The Hall–Kier alpha value is -1.55. The Morgan fingerprint density at radius 3 is 2.64 bits per heavy atom. The van der Waals surface area contributed by atoms with E-state index >= 15 is 0 Å². The SMILES string of the molecule is CCC1C(C(F)(F)F)CC(C(=O)O)N1C1C=CCC(C#N)C1. The van der Waals surface area contributed by atoms with Crippen LogP contribution in [0.2, 0.25) is 0 Å². The minimum atomic E-state index is -4.41. The van der Waals surface area contributed by atoms with Crippen LogP contribution in [0, 0.1) is 23.2 Å². The van der Waals surface area contributed by atoms with Gasteiger partial charge >= 0.3 is 12.1 Å². The monoisotopic (exact) mass is 316 g/mol. The molecule has 5 atom stereocenters. The van der Waals surface area contributed by atoms with Crippen LogP contribution in [0.25, 0.3) is 0 Å². The summed E-state index contributed by atoms with van der Waals surface area (Å²) < 4.78 is 39.7. The highest BCUT2D eigenvalue weighted by Crippen LogP contribution is 2.44. The van der Waals surface area contributed by atoms with E-state index in [-0.39, 0.29) is 12.3 Å². The first-order valence-electron chi connectivity index (χ1n) is 7.42. The molecule has 0 spiro atoms. The van der Waals surface area contributed by atoms with Crippen LogP contribution in [0.5, 0.6) is 0 Å². The van der Waals surface area contributed by atoms with E-state index < -0.39 is 42.6 Å². The van der Waals surface area contributed by atoms with Gasteiger partial charge in [0.15, 0.2) is 0 Å². The zero-order chi connectivity index (χ0) is 16.5. The Bertz CT molecular complexity index is 498. The van der Waals surface area contributed by atoms with Crippen LogP contribution in [-0.4, -0.2) is 40.3 Å². The third-order valence-electron chi connectivity index (χ3n) is 4.68. The van der Waals surface area contributed by atoms with Crippen molar-refractivity contribution < 1.29 is 23.1 Å². The molecule has 1 aliphatic heterocycles. The van der Waals surface area contributed by atoms with E-state index in [0.29, 0.717) is 12.8 Å². The van der Waals surface area contributed by atoms with Gasteiger partial charge in [-0.2, -0.15) is 18.4 Å². The highest BCUT2D eigenvalue weighted by molar-refractivity contribution is 5.74. The highest BCUT2D eigenvalue weighted by Gasteiger charge is 2.56. The summed E-state index contributed by atoms with van der Waals surface area (Å²) in [6, 6.07) is -0.294. The van der Waals surface area contributed by atoms with E-state index in [9.17, 15) is 23.1 Å². The number of nitriles is 1. The van der Waals surface area contributed by atoms with E-state index in [1.807, 2.05) is 0 Å². The highest BCUT2D eigenvalue weighted by atomic mass is 19.4. The second-order valence-electron chi connectivity index (χ2n) is 5.95. The number of carbonyl (C=O) groups is 1. The zero-order valence-electron chi connectivity index (χ0n) is 12.3. The van der Waals surface area contributed by atoms with Gasteiger partial charge in [-0.15, -0.1) is 0 Å². The third-order valence-corrected chi connectivity index (χ3v) is 4.68. The lowest BCUT2D eigenvalue weighted by atomic mass is 9.90. The van der Waals surface area contributed by atoms with Crippen molar-refractivity contribution in [3.63, 3.8) is 0 Å². The molecule has 0 amide bonds. The molecule has 1 aliphatic carbocycles. The molecule has 5 unspecified atom stereocenters. The lowest BCUT2D eigenvalue weighted by Gasteiger charge is -2.37. The lowest BCUT2D eigenvalue weighted by molar-refractivity contribution is -0.181. The van der Waals surface area contributed by atoms with Crippen molar-refractivity contribution in [2.24, 2.45) is 11.8 Å². The number of carboxylic acid groups (broad SMARTS) is 1. The van der Waals surface area contributed by atoms with Gasteiger partial charge in [0.25, 0.3) is 0 Å². The summed E-state index contributed by atoms with van der Waals surface area (Å²) in [7, 11) is 0. The predicted octanol–water partition coefficient (Wildman–Crippen LogP) is 2.96. The fraction of sp³-hybridized carbons (Fsp3) is 0.733. The number of nitrogens with zero attached hydrogens (tertiary/aromatic N) is 2. The number of allylic oxidation sites excluding steroid dienone is 1. The molecule has 0 aromatic carbocycles. The van der Waals surface area contributed by atoms with Crippen LogP contribution in [-0.2, 0) is 4.79 Å². The quantitative estimate of drug-likeness (QED) is 0.813. The van der Waals surface area contributed by atoms with Crippen molar-refractivity contribution in [1.82, 2.24) is 4.90 Å². The van der Waals surface area contributed by atoms with E-state index in [4.69, 9.17) is 5.26 Å². The molecule has 2 rings (SSSR count). The molecule has 0 radical (unpaired) electrons. The standard InChI is InChI=1S/C15H19F3N2O2/c1-2-12-11(15(16,17)18)7-13(14(21)22)20(12)10-5-3-4-9(6-10)8-19/h3,5,9-13H,2,4,6-7H2,1H3,(H,21,22). The molecule has 0 bridgehead atoms. The molecule has 1 fully saturated rings. The predicted molar refractivity (Wildman–Crippen MR) is 72.8 cm³/mol. The largest absolute Gasteiger partial charge is 0.480 e. The number of hydrogen-bond acceptors (Lipinski definition) is 3. The van der Waals surface area contributed by atoms with E-state index in [2.05, 4.69) is 6.07 Å². The molecule has 0 saturated carbocycles. The number of hydrogen-bond donors (Lipinski definition) is 1. The van der Waals surface area contributed by atoms with E-state index in [1.165, 1.54) is 4.90 Å². The van der Waals surface area contributed by atoms with Crippen LogP contribution in [0.1, 0.15) is 32.6 Å². The van der Waals surface area contributed by atoms with Crippen molar-refractivity contribution in [3.05, 3.63) is 12.2 Å². The zero-order valence-corrected chi connectivity index (χ0v) is 12.3. The maximum absolute atomic E-state index is 13.2. The van der Waals surface area contributed by atoms with Crippen LogP contribution in [0.15, 0.2) is 12.2 Å². The van der Waals surface area contributed by atoms with Gasteiger partial charge < -0.3 is 5.11 Å². The fourth-order valence-electron chi connectivity index (χ4n) is 3.70. The van der Waals surface area contributed by atoms with Gasteiger partial charge in [0, 0.05) is 12.1 Å². The van der Waals surface area contributed by atoms with Crippen molar-refractivity contribution >= 4 is 5.97 Å². The first kappa shape index (κ1) is 16.8. The van der Waals surface area contributed by atoms with Crippen molar-refractivity contribution in [1.29, 1.82) is 5.26 Å². The van der Waals surface area contributed by atoms with Crippen molar-refractivity contribution in [3.8, 4) is 6.07 Å². The Morgan fingerprint density at radius 1 is 1.45 bits per heavy atom. The average molecular weight is 316 g/mol. The summed E-state index contributed by atoms with van der Waals surface area (Å²) in [6.45, 7) is 1.65. The molecule has 22 heavy (non-hydrogen) atoms. The summed E-state index contributed by atoms with van der Waals surface area (Å²) in [4.78, 5) is 12.9. The first-order chi connectivity index (χ1) is 10.3. The molecular weight excluding hydrogens is 297 g/mol. The van der Waals surface area contributed by atoms with E-state index in [1.54, 1.807) is 19.1 Å². The number of aliphatic carboxylic acids is 1. The third kappa shape index (κ3) is 3.12. The summed E-state index contributed by atoms with van der Waals surface area (Å²) in [5.41, 5.74) is 0. The van der Waals surface area contributed by atoms with Gasteiger partial charge in [-0.3, -0.25) is 9.69 Å². The molecular formula is C15H19F3N2O2. The number of rotatable bonds is 3. The summed E-state index contributed by atoms with van der Waals surface area (Å²) in [6.07, 6.45) is -0.111. The van der Waals surface area contributed by atoms with Gasteiger partial charge in [-0.05, 0) is 25.7 Å². The second-order valence-corrected chi connectivity index (χ2v) is 5.95. The Balaban J connectivity index is 2.32. The van der Waals surface area contributed by atoms with Gasteiger partial charge in [0.1, 0.15) is 6.04 Å². The summed E-state index contributed by atoms with van der Waals surface area (Å²) >= 11 is 0. The van der Waals surface area contributed by atoms with Crippen molar-refractivity contribution in [2.75, 3.05) is 0 Å². The van der Waals surface area contributed by atoms with Gasteiger partial charge in [-0.1, -0.05) is 19.1 Å². The summed E-state index contributed by atoms with van der Waals surface area (Å²) in [5, 5.41) is 18.4. The molecule has 4 nitrogen and oxygen atoms in total. The molecule has 0 aromatic rings. The topological polar surface area (TPSA) is 64.3 Å². The molecule has 1 heterocycles. The molecule has 1 N–H and O–H groups in total. The molecule has 122 valence electrons.